The van der Waals surface area contributed by atoms with Gasteiger partial charge in [-0.3, -0.25) is 0 Å². The first-order chi connectivity index (χ1) is 11.3. The van der Waals surface area contributed by atoms with Crippen molar-refractivity contribution >= 4 is 12.0 Å². The maximum atomic E-state index is 11.6. The van der Waals surface area contributed by atoms with E-state index in [4.69, 9.17) is 9.47 Å². The maximum Gasteiger partial charge on any atom is 0.330 e. The number of aromatic hydroxyl groups is 2. The molecule has 0 saturated carbocycles. The van der Waals surface area contributed by atoms with Gasteiger partial charge in [0.2, 0.25) is 0 Å². The zero-order valence-electron chi connectivity index (χ0n) is 12.4. The molecule has 0 amide bonds. The average Bonchev–Trinajstić information content (AvgIpc) is 2.55. The van der Waals surface area contributed by atoms with Gasteiger partial charge in [-0.15, -0.1) is 0 Å². The fourth-order valence-corrected chi connectivity index (χ4v) is 2.11. The molecular formula is C15H18O9. The lowest BCUT2D eigenvalue weighted by molar-refractivity contribution is -0.287. The second kappa shape index (κ2) is 7.60. The van der Waals surface area contributed by atoms with E-state index < -0.39 is 43.3 Å². The number of phenolic OH excluding ortho intramolecular Hbond substituents is 2. The summed E-state index contributed by atoms with van der Waals surface area (Å²) >= 11 is 0. The number of rotatable bonds is 4. The molecule has 0 aliphatic carbocycles. The molecule has 2 rings (SSSR count). The molecule has 24 heavy (non-hydrogen) atoms. The highest BCUT2D eigenvalue weighted by molar-refractivity contribution is 5.87. The van der Waals surface area contributed by atoms with Gasteiger partial charge in [-0.05, 0) is 24.3 Å². The van der Waals surface area contributed by atoms with Crippen LogP contribution in [0.4, 0.5) is 0 Å². The van der Waals surface area contributed by atoms with E-state index in [9.17, 15) is 35.4 Å². The van der Waals surface area contributed by atoms with Crippen LogP contribution in [0.5, 0.6) is 11.5 Å². The van der Waals surface area contributed by atoms with Crippen LogP contribution in [0.3, 0.4) is 0 Å². The number of esters is 1. The summed E-state index contributed by atoms with van der Waals surface area (Å²) in [5.74, 6) is -1.09. The summed E-state index contributed by atoms with van der Waals surface area (Å²) in [5.41, 5.74) is 0.190. The number of aliphatic hydroxyl groups is 4. The summed E-state index contributed by atoms with van der Waals surface area (Å²) in [6, 6.07) is 3.76. The third-order valence-corrected chi connectivity index (χ3v) is 3.49. The Balaban J connectivity index is 1.91. The Morgan fingerprint density at radius 2 is 1.83 bits per heavy atom. The Bertz CT molecular complexity index is 615. The van der Waals surface area contributed by atoms with Crippen LogP contribution in [-0.4, -0.2) is 73.9 Å². The van der Waals surface area contributed by atoms with Crippen molar-refractivity contribution in [3.63, 3.8) is 0 Å². The van der Waals surface area contributed by atoms with Crippen molar-refractivity contribution in [2.75, 3.05) is 6.61 Å². The second-order valence-corrected chi connectivity index (χ2v) is 5.24. The molecule has 0 unspecified atom stereocenters. The van der Waals surface area contributed by atoms with Crippen LogP contribution in [0.15, 0.2) is 24.3 Å². The molecule has 0 bridgehead atoms. The molecule has 9 heteroatoms. The fourth-order valence-electron chi connectivity index (χ4n) is 2.11. The Morgan fingerprint density at radius 3 is 2.54 bits per heavy atom. The average molecular weight is 342 g/mol. The lowest BCUT2D eigenvalue weighted by Gasteiger charge is -2.37. The van der Waals surface area contributed by atoms with E-state index in [1.165, 1.54) is 24.3 Å². The highest BCUT2D eigenvalue weighted by Gasteiger charge is 2.43. The van der Waals surface area contributed by atoms with Crippen LogP contribution in [0.2, 0.25) is 0 Å². The van der Waals surface area contributed by atoms with Crippen molar-refractivity contribution in [3.8, 4) is 11.5 Å². The molecule has 1 aromatic rings. The number of hydrogen-bond acceptors (Lipinski definition) is 9. The first-order valence-electron chi connectivity index (χ1n) is 7.04. The van der Waals surface area contributed by atoms with E-state index in [1.54, 1.807) is 0 Å². The van der Waals surface area contributed by atoms with Crippen LogP contribution in [-0.2, 0) is 14.3 Å². The Morgan fingerprint density at radius 1 is 1.12 bits per heavy atom. The number of ether oxygens (including phenoxy) is 2. The quantitative estimate of drug-likeness (QED) is 0.217. The number of carbonyl (C=O) groups excluding carboxylic acids is 1. The Labute approximate surface area is 136 Å². The van der Waals surface area contributed by atoms with E-state index in [0.29, 0.717) is 0 Å². The summed E-state index contributed by atoms with van der Waals surface area (Å²) < 4.78 is 9.67. The van der Waals surface area contributed by atoms with Gasteiger partial charge in [0.25, 0.3) is 0 Å². The number of carbonyl (C=O) groups is 1. The molecule has 9 nitrogen and oxygen atoms in total. The number of benzene rings is 1. The first kappa shape index (κ1) is 18.2. The standard InChI is InChI=1S/C15H18O9/c16-8-2-3-9(17)7(5-8)1-4-11(18)23-6-10-12(19)13(20)14(21)15(22)24-10/h1-5,10,12-17,19-22H,6H2/b4-1+/t10-,12-,13+,14-,15-/m1/s1. The van der Waals surface area contributed by atoms with Gasteiger partial charge in [0, 0.05) is 11.6 Å². The normalized spacial score (nSPS) is 30.4. The van der Waals surface area contributed by atoms with Crippen LogP contribution in [0, 0.1) is 0 Å². The predicted molar refractivity (Wildman–Crippen MR) is 78.7 cm³/mol. The molecule has 0 radical (unpaired) electrons. The fraction of sp³-hybridized carbons (Fsp3) is 0.400. The van der Waals surface area contributed by atoms with Crippen molar-refractivity contribution in [1.82, 2.24) is 0 Å². The maximum absolute atomic E-state index is 11.6. The smallest absolute Gasteiger partial charge is 0.330 e. The van der Waals surface area contributed by atoms with Gasteiger partial charge < -0.3 is 40.1 Å². The van der Waals surface area contributed by atoms with Gasteiger partial charge >= 0.3 is 5.97 Å². The molecule has 0 spiro atoms. The molecular weight excluding hydrogens is 324 g/mol. The minimum Gasteiger partial charge on any atom is -0.508 e. The summed E-state index contributed by atoms with van der Waals surface area (Å²) in [4.78, 5) is 11.6. The molecule has 132 valence electrons. The van der Waals surface area contributed by atoms with Crippen molar-refractivity contribution in [2.24, 2.45) is 0 Å². The monoisotopic (exact) mass is 342 g/mol. The van der Waals surface area contributed by atoms with Crippen molar-refractivity contribution in [3.05, 3.63) is 29.8 Å². The van der Waals surface area contributed by atoms with E-state index in [-0.39, 0.29) is 17.1 Å². The van der Waals surface area contributed by atoms with Gasteiger partial charge in [0.1, 0.15) is 42.5 Å². The van der Waals surface area contributed by atoms with E-state index in [2.05, 4.69) is 0 Å². The molecule has 6 N–H and O–H groups in total. The summed E-state index contributed by atoms with van der Waals surface area (Å²) in [5, 5.41) is 56.8. The Kier molecular flexibility index (Phi) is 5.75. The zero-order chi connectivity index (χ0) is 17.9. The van der Waals surface area contributed by atoms with Crippen LogP contribution in [0.25, 0.3) is 6.08 Å². The number of aliphatic hydroxyl groups excluding tert-OH is 4. The SMILES string of the molecule is O=C(/C=C/c1cc(O)ccc1O)OC[C@H]1O[C@@H](O)[C@H](O)[C@@H](O)[C@@H]1O. The van der Waals surface area contributed by atoms with Gasteiger partial charge in [0.05, 0.1) is 0 Å². The van der Waals surface area contributed by atoms with Crippen LogP contribution < -0.4 is 0 Å². The van der Waals surface area contributed by atoms with E-state index in [1.807, 2.05) is 0 Å². The first-order valence-corrected chi connectivity index (χ1v) is 7.04. The molecule has 1 aliphatic heterocycles. The summed E-state index contributed by atoms with van der Waals surface area (Å²) in [7, 11) is 0. The third-order valence-electron chi connectivity index (χ3n) is 3.49. The lowest BCUT2D eigenvalue weighted by atomic mass is 9.99. The number of phenols is 2. The minimum atomic E-state index is -1.72. The number of hydrogen-bond donors (Lipinski definition) is 6. The van der Waals surface area contributed by atoms with Gasteiger partial charge in [-0.2, -0.15) is 0 Å². The van der Waals surface area contributed by atoms with Gasteiger partial charge in [-0.1, -0.05) is 0 Å². The van der Waals surface area contributed by atoms with Gasteiger partial charge in [0.15, 0.2) is 6.29 Å². The predicted octanol–water partition coefficient (Wildman–Crippen LogP) is -1.55. The Hall–Kier alpha value is -2.17. The van der Waals surface area contributed by atoms with Crippen molar-refractivity contribution in [2.45, 2.75) is 30.7 Å². The van der Waals surface area contributed by atoms with Crippen molar-refractivity contribution < 1.29 is 44.9 Å². The third kappa shape index (κ3) is 4.22. The van der Waals surface area contributed by atoms with Crippen LogP contribution >= 0.6 is 0 Å². The largest absolute Gasteiger partial charge is 0.508 e. The van der Waals surface area contributed by atoms with Crippen LogP contribution in [0.1, 0.15) is 5.56 Å². The molecule has 1 aliphatic rings. The topological polar surface area (TPSA) is 157 Å². The highest BCUT2D eigenvalue weighted by Crippen LogP contribution is 2.23. The molecule has 0 aromatic heterocycles. The molecule has 1 saturated heterocycles. The van der Waals surface area contributed by atoms with Gasteiger partial charge in [-0.25, -0.2) is 4.79 Å². The zero-order valence-corrected chi connectivity index (χ0v) is 12.4. The van der Waals surface area contributed by atoms with Crippen molar-refractivity contribution in [1.29, 1.82) is 0 Å². The van der Waals surface area contributed by atoms with E-state index >= 15 is 0 Å². The molecule has 1 heterocycles. The molecule has 1 aromatic carbocycles. The summed E-state index contributed by atoms with van der Waals surface area (Å²) in [6.45, 7) is -0.475. The highest BCUT2D eigenvalue weighted by atomic mass is 16.6. The molecule has 1 fully saturated rings. The second-order valence-electron chi connectivity index (χ2n) is 5.24. The summed E-state index contributed by atoms with van der Waals surface area (Å²) in [6.07, 6.45) is -5.60. The minimum absolute atomic E-state index is 0.0962. The lowest BCUT2D eigenvalue weighted by Crippen LogP contribution is -2.58. The molecule has 5 atom stereocenters. The van der Waals surface area contributed by atoms with E-state index in [0.717, 1.165) is 6.08 Å².